The highest BCUT2D eigenvalue weighted by atomic mass is 19.4. The van der Waals surface area contributed by atoms with Gasteiger partial charge in [0.2, 0.25) is 0 Å². The van der Waals surface area contributed by atoms with Crippen molar-refractivity contribution in [2.45, 2.75) is 57.0 Å². The summed E-state index contributed by atoms with van der Waals surface area (Å²) in [6, 6.07) is 0.418. The molecule has 1 aliphatic carbocycles. The lowest BCUT2D eigenvalue weighted by atomic mass is 9.92. The number of nitrogens with one attached hydrogen (secondary N) is 1. The third kappa shape index (κ3) is 6.24. The molecule has 102 valence electrons. The summed E-state index contributed by atoms with van der Waals surface area (Å²) >= 11 is 0. The van der Waals surface area contributed by atoms with Gasteiger partial charge in [-0.05, 0) is 32.6 Å². The number of hydrogen-bond acceptors (Lipinski definition) is 3. The van der Waals surface area contributed by atoms with Gasteiger partial charge < -0.3 is 15.8 Å². The van der Waals surface area contributed by atoms with Crippen LogP contribution in [0, 0.1) is 0 Å². The first-order chi connectivity index (χ1) is 7.90. The number of alkyl halides is 3. The van der Waals surface area contributed by atoms with Gasteiger partial charge in [-0.1, -0.05) is 0 Å². The van der Waals surface area contributed by atoms with Crippen LogP contribution >= 0.6 is 0 Å². The Bertz CT molecular complexity index is 223. The van der Waals surface area contributed by atoms with Gasteiger partial charge in [-0.25, -0.2) is 0 Å². The zero-order valence-electron chi connectivity index (χ0n) is 10.1. The molecule has 17 heavy (non-hydrogen) atoms. The van der Waals surface area contributed by atoms with Gasteiger partial charge in [0.1, 0.15) is 6.61 Å². The fourth-order valence-corrected chi connectivity index (χ4v) is 2.13. The van der Waals surface area contributed by atoms with Crippen molar-refractivity contribution in [1.82, 2.24) is 5.32 Å². The maximum atomic E-state index is 12.0. The highest BCUT2D eigenvalue weighted by Crippen LogP contribution is 2.24. The molecule has 0 spiro atoms. The van der Waals surface area contributed by atoms with Crippen LogP contribution in [0.5, 0.6) is 0 Å². The molecule has 0 amide bonds. The molecule has 3 nitrogen and oxygen atoms in total. The van der Waals surface area contributed by atoms with Crippen molar-refractivity contribution in [3.8, 4) is 0 Å². The molecule has 6 heteroatoms. The Kier molecular flexibility index (Phi) is 5.69. The van der Waals surface area contributed by atoms with Gasteiger partial charge in [-0.2, -0.15) is 13.2 Å². The number of ether oxygens (including phenoxy) is 1. The fraction of sp³-hybridized carbons (Fsp3) is 1.00. The molecule has 0 bridgehead atoms. The Morgan fingerprint density at radius 1 is 1.41 bits per heavy atom. The lowest BCUT2D eigenvalue weighted by Crippen LogP contribution is -2.44. The molecule has 0 heterocycles. The third-order valence-electron chi connectivity index (χ3n) is 2.98. The predicted molar refractivity (Wildman–Crippen MR) is 59.7 cm³/mol. The molecule has 3 unspecified atom stereocenters. The Hall–Kier alpha value is -0.330. The van der Waals surface area contributed by atoms with Gasteiger partial charge in [-0.15, -0.1) is 0 Å². The average Bonchev–Trinajstić information content (AvgIpc) is 2.26. The molecule has 0 aromatic heterocycles. The summed E-state index contributed by atoms with van der Waals surface area (Å²) in [7, 11) is 0. The van der Waals surface area contributed by atoms with Crippen molar-refractivity contribution in [2.24, 2.45) is 5.73 Å². The Morgan fingerprint density at radius 3 is 2.71 bits per heavy atom. The van der Waals surface area contributed by atoms with Crippen LogP contribution in [0.25, 0.3) is 0 Å². The van der Waals surface area contributed by atoms with E-state index in [2.05, 4.69) is 5.32 Å². The monoisotopic (exact) mass is 254 g/mol. The first-order valence-electron chi connectivity index (χ1n) is 6.05. The summed E-state index contributed by atoms with van der Waals surface area (Å²) in [6.45, 7) is 1.36. The van der Waals surface area contributed by atoms with Crippen LogP contribution in [0.2, 0.25) is 0 Å². The summed E-state index contributed by atoms with van der Waals surface area (Å²) in [5.74, 6) is 0. The molecule has 0 saturated heterocycles. The van der Waals surface area contributed by atoms with Gasteiger partial charge in [0.15, 0.2) is 0 Å². The fourth-order valence-electron chi connectivity index (χ4n) is 2.13. The molecule has 3 N–H and O–H groups in total. The van der Waals surface area contributed by atoms with Crippen molar-refractivity contribution in [1.29, 1.82) is 0 Å². The molecule has 1 rings (SSSR count). The molecule has 0 aromatic rings. The van der Waals surface area contributed by atoms with E-state index in [0.717, 1.165) is 12.8 Å². The van der Waals surface area contributed by atoms with Crippen molar-refractivity contribution in [3.05, 3.63) is 0 Å². The van der Waals surface area contributed by atoms with E-state index in [1.54, 1.807) is 0 Å². The van der Waals surface area contributed by atoms with E-state index >= 15 is 0 Å². The van der Waals surface area contributed by atoms with Crippen LogP contribution in [0.15, 0.2) is 0 Å². The SMILES string of the molecule is CC(CN)NC1CCCC(OCC(F)(F)F)C1. The minimum atomic E-state index is -4.23. The van der Waals surface area contributed by atoms with E-state index < -0.39 is 12.8 Å². The Balaban J connectivity index is 2.28. The second kappa shape index (κ2) is 6.56. The van der Waals surface area contributed by atoms with Crippen LogP contribution in [-0.2, 0) is 4.74 Å². The number of hydrogen-bond donors (Lipinski definition) is 2. The number of halogens is 3. The lowest BCUT2D eigenvalue weighted by molar-refractivity contribution is -0.188. The van der Waals surface area contributed by atoms with Crippen LogP contribution < -0.4 is 11.1 Å². The van der Waals surface area contributed by atoms with Crippen LogP contribution in [0.4, 0.5) is 13.2 Å². The molecular formula is C11H21F3N2O. The number of nitrogens with two attached hydrogens (primary N) is 1. The van der Waals surface area contributed by atoms with Gasteiger partial charge in [0.05, 0.1) is 6.10 Å². The summed E-state index contributed by atoms with van der Waals surface area (Å²) in [5.41, 5.74) is 5.50. The first kappa shape index (κ1) is 14.7. The summed E-state index contributed by atoms with van der Waals surface area (Å²) in [4.78, 5) is 0. The quantitative estimate of drug-likeness (QED) is 0.786. The molecule has 1 aliphatic rings. The van der Waals surface area contributed by atoms with E-state index in [9.17, 15) is 13.2 Å². The normalized spacial score (nSPS) is 28.1. The summed E-state index contributed by atoms with van der Waals surface area (Å²) in [5, 5.41) is 3.31. The van der Waals surface area contributed by atoms with Gasteiger partial charge in [0.25, 0.3) is 0 Å². The zero-order chi connectivity index (χ0) is 12.9. The molecule has 3 atom stereocenters. The summed E-state index contributed by atoms with van der Waals surface area (Å²) in [6.07, 6.45) is -1.28. The van der Waals surface area contributed by atoms with Gasteiger partial charge in [0, 0.05) is 18.6 Å². The molecule has 0 radical (unpaired) electrons. The molecular weight excluding hydrogens is 233 g/mol. The van der Waals surface area contributed by atoms with Crippen LogP contribution in [0.1, 0.15) is 32.6 Å². The van der Waals surface area contributed by atoms with Crippen LogP contribution in [-0.4, -0.2) is 37.5 Å². The summed E-state index contributed by atoms with van der Waals surface area (Å²) < 4.78 is 40.9. The van der Waals surface area contributed by atoms with Crippen molar-refractivity contribution >= 4 is 0 Å². The number of rotatable bonds is 5. The largest absolute Gasteiger partial charge is 0.411 e. The van der Waals surface area contributed by atoms with Crippen LogP contribution in [0.3, 0.4) is 0 Å². The minimum Gasteiger partial charge on any atom is -0.369 e. The van der Waals surface area contributed by atoms with E-state index in [1.165, 1.54) is 0 Å². The Labute approximate surface area is 99.9 Å². The Morgan fingerprint density at radius 2 is 2.12 bits per heavy atom. The third-order valence-corrected chi connectivity index (χ3v) is 2.98. The maximum absolute atomic E-state index is 12.0. The standard InChI is InChI=1S/C11H21F3N2O/c1-8(6-15)16-9-3-2-4-10(5-9)17-7-11(12,13)14/h8-10,16H,2-7,15H2,1H3. The second-order valence-electron chi connectivity index (χ2n) is 4.72. The minimum absolute atomic E-state index is 0.196. The van der Waals surface area contributed by atoms with Gasteiger partial charge in [-0.3, -0.25) is 0 Å². The van der Waals surface area contributed by atoms with E-state index in [1.807, 2.05) is 6.92 Å². The van der Waals surface area contributed by atoms with E-state index in [-0.39, 0.29) is 18.2 Å². The maximum Gasteiger partial charge on any atom is 0.411 e. The van der Waals surface area contributed by atoms with Gasteiger partial charge >= 0.3 is 6.18 Å². The predicted octanol–water partition coefficient (Wildman–Crippen LogP) is 1.81. The van der Waals surface area contributed by atoms with E-state index in [4.69, 9.17) is 10.5 Å². The highest BCUT2D eigenvalue weighted by Gasteiger charge is 2.31. The molecule has 0 aliphatic heterocycles. The lowest BCUT2D eigenvalue weighted by Gasteiger charge is -2.31. The average molecular weight is 254 g/mol. The second-order valence-corrected chi connectivity index (χ2v) is 4.72. The van der Waals surface area contributed by atoms with Crippen molar-refractivity contribution in [2.75, 3.05) is 13.2 Å². The van der Waals surface area contributed by atoms with Crippen molar-refractivity contribution < 1.29 is 17.9 Å². The molecule has 0 aromatic carbocycles. The molecule has 1 saturated carbocycles. The zero-order valence-corrected chi connectivity index (χ0v) is 10.1. The van der Waals surface area contributed by atoms with E-state index in [0.29, 0.717) is 19.4 Å². The topological polar surface area (TPSA) is 47.3 Å². The highest BCUT2D eigenvalue weighted by molar-refractivity contribution is 4.81. The smallest absolute Gasteiger partial charge is 0.369 e. The van der Waals surface area contributed by atoms with Crippen molar-refractivity contribution in [3.63, 3.8) is 0 Å². The molecule has 1 fully saturated rings. The first-order valence-corrected chi connectivity index (χ1v) is 6.05.